The van der Waals surface area contributed by atoms with Gasteiger partial charge in [0.05, 0.1) is 22.7 Å². The molecule has 3 aromatic rings. The van der Waals surface area contributed by atoms with Gasteiger partial charge in [-0.3, -0.25) is 14.6 Å². The van der Waals surface area contributed by atoms with Gasteiger partial charge in [0.1, 0.15) is 10.9 Å². The van der Waals surface area contributed by atoms with E-state index in [9.17, 15) is 18.0 Å². The van der Waals surface area contributed by atoms with E-state index in [0.717, 1.165) is 0 Å². The number of aromatic nitrogens is 2. The summed E-state index contributed by atoms with van der Waals surface area (Å²) in [5.41, 5.74) is 0.927. The molecular weight excluding hydrogens is 543 g/mol. The Kier molecular flexibility index (Phi) is 7.62. The van der Waals surface area contributed by atoms with Gasteiger partial charge in [0.25, 0.3) is 5.91 Å². The minimum Gasteiger partial charge on any atom is -0.361 e. The molecule has 0 spiro atoms. The van der Waals surface area contributed by atoms with Gasteiger partial charge < -0.3 is 14.8 Å². The number of nitrogens with zero attached hydrogens (tertiary/aromatic N) is 4. The van der Waals surface area contributed by atoms with Gasteiger partial charge in [-0.05, 0) is 48.9 Å². The van der Waals surface area contributed by atoms with Gasteiger partial charge in [-0.25, -0.2) is 9.99 Å². The lowest BCUT2D eigenvalue weighted by molar-refractivity contribution is -0.117. The van der Waals surface area contributed by atoms with Crippen LogP contribution in [-0.4, -0.2) is 49.2 Å². The highest BCUT2D eigenvalue weighted by atomic mass is 35.5. The second-order valence-corrected chi connectivity index (χ2v) is 10.2. The molecule has 192 valence electrons. The Morgan fingerprint density at radius 1 is 1.14 bits per heavy atom. The van der Waals surface area contributed by atoms with E-state index in [1.165, 1.54) is 48.8 Å². The van der Waals surface area contributed by atoms with Crippen molar-refractivity contribution in [3.63, 3.8) is 0 Å². The number of hydrazone groups is 1. The Balaban J connectivity index is 1.68. The van der Waals surface area contributed by atoms with Crippen molar-refractivity contribution in [2.75, 3.05) is 17.4 Å². The van der Waals surface area contributed by atoms with E-state index < -0.39 is 28.0 Å². The third-order valence-corrected chi connectivity index (χ3v) is 7.08. The van der Waals surface area contributed by atoms with Gasteiger partial charge >= 0.3 is 10.1 Å². The molecule has 3 heterocycles. The maximum atomic E-state index is 13.5. The number of carbonyl (C=O) groups excluding carboxylic acids is 2. The van der Waals surface area contributed by atoms with E-state index in [1.54, 1.807) is 25.1 Å². The lowest BCUT2D eigenvalue weighted by Gasteiger charge is -2.23. The van der Waals surface area contributed by atoms with Crippen LogP contribution < -0.4 is 15.6 Å². The van der Waals surface area contributed by atoms with Gasteiger partial charge in [0.15, 0.2) is 5.82 Å². The van der Waals surface area contributed by atoms with Gasteiger partial charge in [0.2, 0.25) is 11.8 Å². The molecule has 0 saturated carbocycles. The van der Waals surface area contributed by atoms with E-state index >= 15 is 0 Å². The molecule has 14 heteroatoms. The third kappa shape index (κ3) is 5.66. The molecule has 11 nitrogen and oxygen atoms in total. The van der Waals surface area contributed by atoms with Gasteiger partial charge in [-0.2, -0.15) is 8.42 Å². The number of halogens is 2. The van der Waals surface area contributed by atoms with E-state index in [4.69, 9.17) is 27.4 Å². The molecule has 0 fully saturated rings. The van der Waals surface area contributed by atoms with Crippen LogP contribution in [-0.2, 0) is 19.1 Å². The molecular formula is C23H20Cl2N6O5S. The third-order valence-electron chi connectivity index (χ3n) is 5.31. The molecule has 4 rings (SSSR count). The number of benzene rings is 1. The summed E-state index contributed by atoms with van der Waals surface area (Å²) in [5.74, 6) is -1.21. The van der Waals surface area contributed by atoms with Crippen LogP contribution >= 0.6 is 23.2 Å². The fourth-order valence-corrected chi connectivity index (χ4v) is 4.97. The molecule has 2 aromatic heterocycles. The molecule has 0 radical (unpaired) electrons. The van der Waals surface area contributed by atoms with Crippen LogP contribution in [0.3, 0.4) is 0 Å². The number of pyridine rings is 2. The molecule has 2 N–H and O–H groups in total. The lowest BCUT2D eigenvalue weighted by atomic mass is 10.1. The summed E-state index contributed by atoms with van der Waals surface area (Å²) in [4.78, 5) is 33.8. The first-order valence-electron chi connectivity index (χ1n) is 10.8. The second kappa shape index (κ2) is 10.7. The topological polar surface area (TPSA) is 143 Å². The molecule has 1 aliphatic heterocycles. The van der Waals surface area contributed by atoms with Gasteiger partial charge in [-0.1, -0.05) is 23.2 Å². The van der Waals surface area contributed by atoms with E-state index in [2.05, 4.69) is 25.7 Å². The SMILES string of the molecule is CNC(=O)c1cc(Cl)cc(C)c1NC(=O)C1CC(OS(=O)(=O)c2ccncc2)=NN1c1ncccc1Cl. The number of amides is 2. The Hall–Kier alpha value is -3.74. The minimum atomic E-state index is -4.25. The first-order valence-corrected chi connectivity index (χ1v) is 12.9. The number of nitrogens with one attached hydrogen (secondary N) is 2. The summed E-state index contributed by atoms with van der Waals surface area (Å²) in [6.45, 7) is 1.68. The summed E-state index contributed by atoms with van der Waals surface area (Å²) in [6.07, 6.45) is 3.83. The molecule has 0 bridgehead atoms. The van der Waals surface area contributed by atoms with Crippen molar-refractivity contribution < 1.29 is 22.2 Å². The molecule has 2 amide bonds. The summed E-state index contributed by atoms with van der Waals surface area (Å²) < 4.78 is 30.7. The number of anilines is 2. The Bertz CT molecular complexity index is 1500. The maximum absolute atomic E-state index is 13.5. The number of hydrogen-bond acceptors (Lipinski definition) is 9. The molecule has 0 aliphatic carbocycles. The van der Waals surface area contributed by atoms with Crippen LogP contribution in [0.1, 0.15) is 22.3 Å². The van der Waals surface area contributed by atoms with E-state index in [1.807, 2.05) is 0 Å². The quantitative estimate of drug-likeness (QED) is 0.435. The minimum absolute atomic E-state index is 0.114. The van der Waals surface area contributed by atoms with Gasteiger partial charge in [-0.15, -0.1) is 5.10 Å². The molecule has 0 saturated heterocycles. The second-order valence-electron chi connectivity index (χ2n) is 7.80. The Labute approximate surface area is 222 Å². The van der Waals surface area contributed by atoms with Crippen LogP contribution in [0.5, 0.6) is 0 Å². The monoisotopic (exact) mass is 562 g/mol. The number of carbonyl (C=O) groups is 2. The van der Waals surface area contributed by atoms with Crippen molar-refractivity contribution in [1.82, 2.24) is 15.3 Å². The Morgan fingerprint density at radius 2 is 1.86 bits per heavy atom. The van der Waals surface area contributed by atoms with Crippen LogP contribution in [0.25, 0.3) is 0 Å². The van der Waals surface area contributed by atoms with Crippen molar-refractivity contribution in [1.29, 1.82) is 0 Å². The largest absolute Gasteiger partial charge is 0.361 e. The molecule has 1 aliphatic rings. The summed E-state index contributed by atoms with van der Waals surface area (Å²) in [6, 6.07) is 7.60. The normalized spacial score (nSPS) is 15.2. The average molecular weight is 563 g/mol. The van der Waals surface area contributed by atoms with Crippen LogP contribution in [0, 0.1) is 6.92 Å². The fraction of sp³-hybridized carbons (Fsp3) is 0.174. The highest BCUT2D eigenvalue weighted by molar-refractivity contribution is 7.87. The van der Waals surface area contributed by atoms with E-state index in [0.29, 0.717) is 10.6 Å². The van der Waals surface area contributed by atoms with Crippen LogP contribution in [0.15, 0.2) is 65.0 Å². The number of rotatable bonds is 6. The predicted molar refractivity (Wildman–Crippen MR) is 138 cm³/mol. The highest BCUT2D eigenvalue weighted by Gasteiger charge is 2.39. The van der Waals surface area contributed by atoms with Crippen molar-refractivity contribution in [3.05, 3.63) is 76.2 Å². The van der Waals surface area contributed by atoms with Crippen LogP contribution in [0.4, 0.5) is 11.5 Å². The lowest BCUT2D eigenvalue weighted by Crippen LogP contribution is -2.39. The first kappa shape index (κ1) is 26.3. The molecule has 1 atom stereocenters. The summed E-state index contributed by atoms with van der Waals surface area (Å²) in [7, 11) is -2.80. The van der Waals surface area contributed by atoms with E-state index in [-0.39, 0.29) is 39.3 Å². The standard InChI is InChI=1S/C23H20Cl2N6O5S/c1-13-10-14(24)11-16(22(32)26-2)20(13)29-23(33)18-12-19(30-31(18)21-17(25)4-3-7-28-21)36-37(34,35)15-5-8-27-9-6-15/h3-11,18H,12H2,1-2H3,(H,26,32)(H,29,33). The summed E-state index contributed by atoms with van der Waals surface area (Å²) in [5, 5.41) is 11.1. The highest BCUT2D eigenvalue weighted by Crippen LogP contribution is 2.32. The summed E-state index contributed by atoms with van der Waals surface area (Å²) >= 11 is 12.4. The average Bonchev–Trinajstić information content (AvgIpc) is 3.28. The zero-order valence-corrected chi connectivity index (χ0v) is 21.8. The fourth-order valence-electron chi connectivity index (χ4n) is 3.59. The van der Waals surface area contributed by atoms with Crippen LogP contribution in [0.2, 0.25) is 10.0 Å². The van der Waals surface area contributed by atoms with Crippen molar-refractivity contribution in [2.45, 2.75) is 24.3 Å². The molecule has 37 heavy (non-hydrogen) atoms. The number of hydrogen-bond donors (Lipinski definition) is 2. The maximum Gasteiger partial charge on any atom is 0.340 e. The smallest absolute Gasteiger partial charge is 0.340 e. The molecule has 1 aromatic carbocycles. The molecule has 1 unspecified atom stereocenters. The van der Waals surface area contributed by atoms with Crippen molar-refractivity contribution in [3.8, 4) is 0 Å². The van der Waals surface area contributed by atoms with Crippen molar-refractivity contribution >= 4 is 62.5 Å². The predicted octanol–water partition coefficient (Wildman–Crippen LogP) is 3.39. The van der Waals surface area contributed by atoms with Gasteiger partial charge in [0, 0.05) is 30.7 Å². The number of aryl methyl sites for hydroxylation is 1. The zero-order valence-electron chi connectivity index (χ0n) is 19.5. The van der Waals surface area contributed by atoms with Crippen molar-refractivity contribution in [2.24, 2.45) is 5.10 Å². The Morgan fingerprint density at radius 3 is 2.54 bits per heavy atom. The first-order chi connectivity index (χ1) is 17.6. The zero-order chi connectivity index (χ0) is 26.7.